The number of hydrogen-bond donors (Lipinski definition) is 1. The number of amides is 4. The summed E-state index contributed by atoms with van der Waals surface area (Å²) in [6.07, 6.45) is 0.934. The largest absolute Gasteiger partial charge is 0.491 e. The summed E-state index contributed by atoms with van der Waals surface area (Å²) >= 11 is 14.4. The number of alkyl halides is 2. The van der Waals surface area contributed by atoms with E-state index in [4.69, 9.17) is 27.9 Å². The van der Waals surface area contributed by atoms with Crippen LogP contribution >= 0.6 is 23.2 Å². The fourth-order valence-electron chi connectivity index (χ4n) is 8.72. The van der Waals surface area contributed by atoms with Gasteiger partial charge in [-0.3, -0.25) is 24.1 Å². The van der Waals surface area contributed by atoms with Crippen LogP contribution in [0.5, 0.6) is 5.75 Å². The zero-order valence-corrected chi connectivity index (χ0v) is 33.0. The number of azo groups is 1. The SMILES string of the molecule is CN(C)c1ccc(N=Nc2ccc(N3C(=O)C4CC=C5C(CC6(Cl)C(=O)N(c7c(F)c(F)c(F)c(F)c7F)C(=O)C6(Cl)C5c5ccc(OCCO)cc5)C4C3=O)cc2)cc1. The first kappa shape index (κ1) is 41.0. The average molecular weight is 869 g/mol. The summed E-state index contributed by atoms with van der Waals surface area (Å²) in [4.78, 5) is 54.9. The first-order valence-electron chi connectivity index (χ1n) is 18.5. The second-order valence-electron chi connectivity index (χ2n) is 15.0. The van der Waals surface area contributed by atoms with E-state index in [1.807, 2.05) is 31.1 Å². The van der Waals surface area contributed by atoms with Crippen molar-refractivity contribution in [2.24, 2.45) is 28.0 Å². The van der Waals surface area contributed by atoms with E-state index >= 15 is 8.78 Å². The third-order valence-electron chi connectivity index (χ3n) is 11.5. The highest BCUT2D eigenvalue weighted by Crippen LogP contribution is 2.66. The number of aliphatic hydroxyl groups excluding tert-OH is 1. The van der Waals surface area contributed by atoms with Crippen LogP contribution in [0.4, 0.5) is 50.4 Å². The Balaban J connectivity index is 1.17. The fraction of sp³-hybridized carbons (Fsp3) is 0.286. The second kappa shape index (κ2) is 15.1. The Hall–Kier alpha value is -5.71. The van der Waals surface area contributed by atoms with E-state index in [1.54, 1.807) is 30.3 Å². The molecule has 2 heterocycles. The number of imide groups is 2. The maximum atomic E-state index is 15.4. The van der Waals surface area contributed by atoms with Crippen molar-refractivity contribution in [1.29, 1.82) is 0 Å². The molecule has 11 nitrogen and oxygen atoms in total. The van der Waals surface area contributed by atoms with Gasteiger partial charge in [0.25, 0.3) is 11.8 Å². The molecule has 4 aromatic rings. The molecular formula is C42H32Cl2F5N5O6. The molecule has 0 bridgehead atoms. The fourth-order valence-corrected chi connectivity index (χ4v) is 9.65. The zero-order chi connectivity index (χ0) is 43.0. The summed E-state index contributed by atoms with van der Waals surface area (Å²) in [5, 5.41) is 17.7. The summed E-state index contributed by atoms with van der Waals surface area (Å²) in [6.45, 7) is -0.380. The Bertz CT molecular complexity index is 2500. The molecule has 2 aliphatic heterocycles. The summed E-state index contributed by atoms with van der Waals surface area (Å²) in [7, 11) is 3.82. The molecule has 310 valence electrons. The average Bonchev–Trinajstić information content (AvgIpc) is 3.58. The minimum absolute atomic E-state index is 0.0313. The molecule has 0 spiro atoms. The Morgan fingerprint density at radius 1 is 0.750 bits per heavy atom. The predicted molar refractivity (Wildman–Crippen MR) is 209 cm³/mol. The molecule has 18 heteroatoms. The van der Waals surface area contributed by atoms with Gasteiger partial charge in [-0.05, 0) is 85.0 Å². The number of rotatable bonds is 9. The smallest absolute Gasteiger partial charge is 0.258 e. The molecule has 3 fully saturated rings. The van der Waals surface area contributed by atoms with Crippen molar-refractivity contribution in [3.8, 4) is 5.75 Å². The van der Waals surface area contributed by atoms with Gasteiger partial charge in [0.2, 0.25) is 17.6 Å². The molecule has 0 aromatic heterocycles. The van der Waals surface area contributed by atoms with Crippen LogP contribution in [0, 0.1) is 46.8 Å². The predicted octanol–water partition coefficient (Wildman–Crippen LogP) is 8.00. The van der Waals surface area contributed by atoms with E-state index in [0.717, 1.165) is 10.6 Å². The zero-order valence-electron chi connectivity index (χ0n) is 31.5. The number of hydrogen-bond acceptors (Lipinski definition) is 9. The Kier molecular flexibility index (Phi) is 10.3. The molecule has 2 aliphatic carbocycles. The molecule has 6 atom stereocenters. The van der Waals surface area contributed by atoms with Gasteiger partial charge in [-0.25, -0.2) is 26.9 Å². The number of fused-ring (bicyclic) bond motifs is 4. The van der Waals surface area contributed by atoms with Crippen molar-refractivity contribution in [2.45, 2.75) is 28.5 Å². The Morgan fingerprint density at radius 2 is 1.32 bits per heavy atom. The van der Waals surface area contributed by atoms with Gasteiger partial charge in [0, 0.05) is 25.7 Å². The summed E-state index contributed by atoms with van der Waals surface area (Å²) in [5.41, 5.74) is 0.830. The third-order valence-corrected chi connectivity index (χ3v) is 13.0. The van der Waals surface area contributed by atoms with Crippen molar-refractivity contribution >= 4 is 75.3 Å². The summed E-state index contributed by atoms with van der Waals surface area (Å²) < 4.78 is 79.4. The first-order valence-corrected chi connectivity index (χ1v) is 19.3. The van der Waals surface area contributed by atoms with Crippen molar-refractivity contribution in [1.82, 2.24) is 0 Å². The topological polar surface area (TPSA) is 132 Å². The molecule has 6 unspecified atom stereocenters. The number of ether oxygens (including phenoxy) is 1. The molecule has 4 amide bonds. The number of benzene rings is 4. The number of allylic oxidation sites excluding steroid dienone is 2. The molecule has 60 heavy (non-hydrogen) atoms. The van der Waals surface area contributed by atoms with Crippen molar-refractivity contribution in [3.05, 3.63) is 119 Å². The number of anilines is 3. The van der Waals surface area contributed by atoms with Gasteiger partial charge in [-0.2, -0.15) is 10.2 Å². The van der Waals surface area contributed by atoms with Crippen LogP contribution in [0.1, 0.15) is 24.3 Å². The maximum absolute atomic E-state index is 15.4. The lowest BCUT2D eigenvalue weighted by molar-refractivity contribution is -0.125. The lowest BCUT2D eigenvalue weighted by atomic mass is 9.56. The lowest BCUT2D eigenvalue weighted by Gasteiger charge is -2.50. The number of carbonyl (C=O) groups is 4. The van der Waals surface area contributed by atoms with Crippen LogP contribution < -0.4 is 19.4 Å². The van der Waals surface area contributed by atoms with Crippen LogP contribution in [-0.4, -0.2) is 65.8 Å². The van der Waals surface area contributed by atoms with Gasteiger partial charge in [0.05, 0.1) is 35.5 Å². The van der Waals surface area contributed by atoms with E-state index in [2.05, 4.69) is 10.2 Å². The van der Waals surface area contributed by atoms with E-state index in [1.165, 1.54) is 36.4 Å². The van der Waals surface area contributed by atoms with Crippen LogP contribution in [0.2, 0.25) is 0 Å². The summed E-state index contributed by atoms with van der Waals surface area (Å²) in [6, 6.07) is 19.3. The molecule has 0 radical (unpaired) electrons. The van der Waals surface area contributed by atoms with Gasteiger partial charge in [-0.15, -0.1) is 23.2 Å². The van der Waals surface area contributed by atoms with Crippen LogP contribution in [0.15, 0.2) is 94.7 Å². The van der Waals surface area contributed by atoms with Crippen molar-refractivity contribution < 1.29 is 51.0 Å². The minimum atomic E-state index is -2.67. The van der Waals surface area contributed by atoms with Crippen LogP contribution in [0.25, 0.3) is 0 Å². The molecule has 2 saturated heterocycles. The standard InChI is InChI=1S/C42H32Cl2F5N5O6/c1-52(2)23-9-5-21(6-10-23)50-51-22-7-11-24(12-8-22)53-37(56)27-16-15-26-28(29(27)38(53)57)19-41(43)39(58)54(36-34(48)32(46)31(45)33(47)35(36)49)40(59)42(41,44)30(26)20-3-13-25(14-4-20)60-18-17-55/h3-15,27-30,55H,16-19H2,1-2H3. The molecule has 8 rings (SSSR count). The number of aliphatic hydroxyl groups is 1. The number of carbonyl (C=O) groups excluding carboxylic acids is 4. The quantitative estimate of drug-likeness (QED) is 0.0343. The minimum Gasteiger partial charge on any atom is -0.491 e. The van der Waals surface area contributed by atoms with Gasteiger partial charge in [-0.1, -0.05) is 23.8 Å². The number of nitrogens with zero attached hydrogens (tertiary/aromatic N) is 5. The monoisotopic (exact) mass is 867 g/mol. The van der Waals surface area contributed by atoms with Crippen LogP contribution in [-0.2, 0) is 19.2 Å². The van der Waals surface area contributed by atoms with E-state index in [0.29, 0.717) is 16.9 Å². The van der Waals surface area contributed by atoms with E-state index in [9.17, 15) is 37.5 Å². The molecule has 1 saturated carbocycles. The molecule has 4 aromatic carbocycles. The summed E-state index contributed by atoms with van der Waals surface area (Å²) in [5.74, 6) is -21.1. The van der Waals surface area contributed by atoms with Crippen molar-refractivity contribution in [2.75, 3.05) is 42.0 Å². The third kappa shape index (κ3) is 6.09. The number of halogens is 7. The van der Waals surface area contributed by atoms with Gasteiger partial charge < -0.3 is 14.7 Å². The lowest BCUT2D eigenvalue weighted by Crippen LogP contribution is -2.60. The highest BCUT2D eigenvalue weighted by Gasteiger charge is 2.77. The highest BCUT2D eigenvalue weighted by atomic mass is 35.5. The van der Waals surface area contributed by atoms with E-state index < -0.39 is 98.2 Å². The van der Waals surface area contributed by atoms with Gasteiger partial charge in [0.15, 0.2) is 33.0 Å². The molecular weight excluding hydrogens is 836 g/mol. The van der Waals surface area contributed by atoms with E-state index in [-0.39, 0.29) is 41.5 Å². The van der Waals surface area contributed by atoms with Gasteiger partial charge in [0.1, 0.15) is 18.0 Å². The second-order valence-corrected chi connectivity index (χ2v) is 16.2. The molecule has 1 N–H and O–H groups in total. The normalized spacial score (nSPS) is 26.1. The Labute approximate surface area is 348 Å². The first-order chi connectivity index (χ1) is 28.5. The van der Waals surface area contributed by atoms with Crippen molar-refractivity contribution in [3.63, 3.8) is 0 Å². The Morgan fingerprint density at radius 3 is 1.88 bits per heavy atom. The molecule has 4 aliphatic rings. The van der Waals surface area contributed by atoms with Gasteiger partial charge >= 0.3 is 0 Å². The highest BCUT2D eigenvalue weighted by molar-refractivity contribution is 6.58. The van der Waals surface area contributed by atoms with Crippen LogP contribution in [0.3, 0.4) is 0 Å². The maximum Gasteiger partial charge on any atom is 0.258 e.